The molecular weight excluding hydrogens is 184 g/mol. The molecule has 0 aromatic carbocycles. The molecule has 2 aromatic rings. The van der Waals surface area contributed by atoms with Crippen molar-refractivity contribution in [1.82, 2.24) is 14.3 Å². The minimum Gasteiger partial charge on any atom is -0.367 e. The molecule has 0 aliphatic rings. The van der Waals surface area contributed by atoms with Crippen molar-refractivity contribution in [1.29, 1.82) is 0 Å². The SMILES string of the molecule is Cc1cccnc1-c1nc(N)ns1. The van der Waals surface area contributed by atoms with Crippen LogP contribution in [-0.4, -0.2) is 14.3 Å². The molecule has 2 heterocycles. The maximum absolute atomic E-state index is 5.43. The highest BCUT2D eigenvalue weighted by Gasteiger charge is 2.07. The summed E-state index contributed by atoms with van der Waals surface area (Å²) in [5.41, 5.74) is 7.37. The van der Waals surface area contributed by atoms with Gasteiger partial charge in [0.1, 0.15) is 5.69 Å². The molecule has 2 rings (SSSR count). The van der Waals surface area contributed by atoms with E-state index in [9.17, 15) is 0 Å². The average molecular weight is 192 g/mol. The molecule has 66 valence electrons. The van der Waals surface area contributed by atoms with Crippen molar-refractivity contribution in [3.05, 3.63) is 23.9 Å². The van der Waals surface area contributed by atoms with E-state index in [1.165, 1.54) is 11.5 Å². The molecule has 0 aliphatic carbocycles. The number of pyridine rings is 1. The fraction of sp³-hybridized carbons (Fsp3) is 0.125. The number of nitrogen functional groups attached to an aromatic ring is 1. The molecule has 5 heteroatoms. The van der Waals surface area contributed by atoms with Gasteiger partial charge in [0.2, 0.25) is 5.95 Å². The first kappa shape index (κ1) is 8.12. The van der Waals surface area contributed by atoms with Crippen LogP contribution >= 0.6 is 11.5 Å². The van der Waals surface area contributed by atoms with Crippen LogP contribution in [0.1, 0.15) is 5.56 Å². The molecule has 0 amide bonds. The summed E-state index contributed by atoms with van der Waals surface area (Å²) in [5, 5.41) is 0.774. The Morgan fingerprint density at radius 3 is 2.92 bits per heavy atom. The minimum atomic E-state index is 0.310. The van der Waals surface area contributed by atoms with Gasteiger partial charge in [0, 0.05) is 6.20 Å². The van der Waals surface area contributed by atoms with Crippen molar-refractivity contribution in [2.24, 2.45) is 0 Å². The summed E-state index contributed by atoms with van der Waals surface area (Å²) >= 11 is 1.27. The van der Waals surface area contributed by atoms with Crippen molar-refractivity contribution >= 4 is 17.5 Å². The van der Waals surface area contributed by atoms with Crippen LogP contribution in [0, 0.1) is 6.92 Å². The fourth-order valence-corrected chi connectivity index (χ4v) is 1.70. The predicted molar refractivity (Wildman–Crippen MR) is 52.3 cm³/mol. The highest BCUT2D eigenvalue weighted by Crippen LogP contribution is 2.22. The Kier molecular flexibility index (Phi) is 1.94. The molecule has 0 fully saturated rings. The third kappa shape index (κ3) is 1.50. The van der Waals surface area contributed by atoms with Gasteiger partial charge in [-0.05, 0) is 30.1 Å². The van der Waals surface area contributed by atoms with Gasteiger partial charge >= 0.3 is 0 Å². The Hall–Kier alpha value is -1.49. The Labute approximate surface area is 79.6 Å². The number of rotatable bonds is 1. The van der Waals surface area contributed by atoms with Crippen molar-refractivity contribution < 1.29 is 0 Å². The maximum atomic E-state index is 5.43. The highest BCUT2D eigenvalue weighted by atomic mass is 32.1. The number of hydrogen-bond acceptors (Lipinski definition) is 5. The first-order valence-corrected chi connectivity index (χ1v) is 4.56. The first-order valence-electron chi connectivity index (χ1n) is 3.78. The quantitative estimate of drug-likeness (QED) is 0.743. The number of nitrogens with two attached hydrogens (primary N) is 1. The van der Waals surface area contributed by atoms with Crippen LogP contribution in [0.4, 0.5) is 5.95 Å². The monoisotopic (exact) mass is 192 g/mol. The van der Waals surface area contributed by atoms with E-state index in [0.717, 1.165) is 16.3 Å². The standard InChI is InChI=1S/C8H8N4S/c1-5-3-2-4-10-6(5)7-11-8(9)12-13-7/h2-4H,1H3,(H2,9,12). The Morgan fingerprint density at radius 1 is 1.46 bits per heavy atom. The van der Waals surface area contributed by atoms with Gasteiger partial charge < -0.3 is 5.73 Å². The van der Waals surface area contributed by atoms with E-state index in [2.05, 4.69) is 14.3 Å². The van der Waals surface area contributed by atoms with Crippen LogP contribution < -0.4 is 5.73 Å². The molecule has 0 bridgehead atoms. The van der Waals surface area contributed by atoms with Crippen molar-refractivity contribution in [2.75, 3.05) is 5.73 Å². The van der Waals surface area contributed by atoms with Gasteiger partial charge in [0.15, 0.2) is 5.01 Å². The van der Waals surface area contributed by atoms with Crippen molar-refractivity contribution in [2.45, 2.75) is 6.92 Å². The summed E-state index contributed by atoms with van der Waals surface area (Å²) in [6.45, 7) is 1.99. The lowest BCUT2D eigenvalue weighted by Gasteiger charge is -1.97. The van der Waals surface area contributed by atoms with E-state index in [1.54, 1.807) is 6.20 Å². The lowest BCUT2D eigenvalue weighted by molar-refractivity contribution is 1.24. The second-order valence-electron chi connectivity index (χ2n) is 2.63. The van der Waals surface area contributed by atoms with Crippen molar-refractivity contribution in [3.63, 3.8) is 0 Å². The molecule has 4 nitrogen and oxygen atoms in total. The van der Waals surface area contributed by atoms with Crippen LogP contribution in [0.3, 0.4) is 0 Å². The Balaban J connectivity index is 2.52. The minimum absolute atomic E-state index is 0.310. The summed E-state index contributed by atoms with van der Waals surface area (Å²) in [6.07, 6.45) is 1.74. The van der Waals surface area contributed by atoms with Crippen LogP contribution in [0.15, 0.2) is 18.3 Å². The summed E-state index contributed by atoms with van der Waals surface area (Å²) in [5.74, 6) is 0.310. The van der Waals surface area contributed by atoms with E-state index in [-0.39, 0.29) is 0 Å². The molecule has 0 atom stereocenters. The van der Waals surface area contributed by atoms with Gasteiger partial charge in [-0.15, -0.1) is 0 Å². The summed E-state index contributed by atoms with van der Waals surface area (Å²) in [6, 6.07) is 3.88. The van der Waals surface area contributed by atoms with Crippen LogP contribution in [0.5, 0.6) is 0 Å². The van der Waals surface area contributed by atoms with Gasteiger partial charge in [0.25, 0.3) is 0 Å². The molecule has 0 saturated carbocycles. The normalized spacial score (nSPS) is 10.2. The number of anilines is 1. The number of aromatic nitrogens is 3. The number of aryl methyl sites for hydroxylation is 1. The molecule has 2 N–H and O–H groups in total. The number of hydrogen-bond donors (Lipinski definition) is 1. The molecular formula is C8H8N4S. The van der Waals surface area contributed by atoms with E-state index in [4.69, 9.17) is 5.73 Å². The zero-order chi connectivity index (χ0) is 9.26. The molecule has 0 unspecified atom stereocenters. The predicted octanol–water partition coefficient (Wildman–Crippen LogP) is 1.49. The largest absolute Gasteiger partial charge is 0.367 e. The molecule has 2 aromatic heterocycles. The second-order valence-corrected chi connectivity index (χ2v) is 3.38. The lowest BCUT2D eigenvalue weighted by Crippen LogP contribution is -1.88. The van der Waals surface area contributed by atoms with E-state index in [0.29, 0.717) is 5.95 Å². The zero-order valence-electron chi connectivity index (χ0n) is 7.06. The Morgan fingerprint density at radius 2 is 2.31 bits per heavy atom. The Bertz CT molecular complexity index is 424. The van der Waals surface area contributed by atoms with Gasteiger partial charge in [-0.25, -0.2) is 0 Å². The van der Waals surface area contributed by atoms with Crippen LogP contribution in [-0.2, 0) is 0 Å². The zero-order valence-corrected chi connectivity index (χ0v) is 7.88. The summed E-state index contributed by atoms with van der Waals surface area (Å²) < 4.78 is 3.90. The third-order valence-electron chi connectivity index (χ3n) is 1.65. The van der Waals surface area contributed by atoms with E-state index in [1.807, 2.05) is 19.1 Å². The van der Waals surface area contributed by atoms with E-state index >= 15 is 0 Å². The van der Waals surface area contributed by atoms with Gasteiger partial charge in [-0.2, -0.15) is 9.36 Å². The number of nitrogens with zero attached hydrogens (tertiary/aromatic N) is 3. The van der Waals surface area contributed by atoms with Crippen LogP contribution in [0.25, 0.3) is 10.7 Å². The van der Waals surface area contributed by atoms with Gasteiger partial charge in [0.05, 0.1) is 0 Å². The highest BCUT2D eigenvalue weighted by molar-refractivity contribution is 7.09. The topological polar surface area (TPSA) is 64.7 Å². The average Bonchev–Trinajstić information content (AvgIpc) is 2.53. The third-order valence-corrected chi connectivity index (χ3v) is 2.39. The second kappa shape index (κ2) is 3.10. The molecule has 0 radical (unpaired) electrons. The van der Waals surface area contributed by atoms with Crippen molar-refractivity contribution in [3.8, 4) is 10.7 Å². The summed E-state index contributed by atoms with van der Waals surface area (Å²) in [7, 11) is 0. The maximum Gasteiger partial charge on any atom is 0.232 e. The molecule has 0 saturated heterocycles. The van der Waals surface area contributed by atoms with Gasteiger partial charge in [-0.1, -0.05) is 6.07 Å². The smallest absolute Gasteiger partial charge is 0.232 e. The fourth-order valence-electron chi connectivity index (χ4n) is 1.04. The van der Waals surface area contributed by atoms with Gasteiger partial charge in [-0.3, -0.25) is 4.98 Å². The lowest BCUT2D eigenvalue weighted by atomic mass is 10.2. The van der Waals surface area contributed by atoms with Crippen LogP contribution in [0.2, 0.25) is 0 Å². The first-order chi connectivity index (χ1) is 6.27. The van der Waals surface area contributed by atoms with E-state index < -0.39 is 0 Å². The molecule has 0 spiro atoms. The summed E-state index contributed by atoms with van der Waals surface area (Å²) in [4.78, 5) is 8.28. The molecule has 0 aliphatic heterocycles. The molecule has 13 heavy (non-hydrogen) atoms.